The smallest absolute Gasteiger partial charge is 0.292 e. The van der Waals surface area contributed by atoms with Crippen LogP contribution in [0.3, 0.4) is 0 Å². The van der Waals surface area contributed by atoms with Gasteiger partial charge in [-0.05, 0) is 36.2 Å². The van der Waals surface area contributed by atoms with E-state index in [1.165, 1.54) is 18.2 Å². The number of hydrogen-bond donors (Lipinski definition) is 1. The second kappa shape index (κ2) is 9.73. The van der Waals surface area contributed by atoms with Crippen molar-refractivity contribution in [1.29, 1.82) is 0 Å². The maximum Gasteiger partial charge on any atom is 0.292 e. The zero-order chi connectivity index (χ0) is 18.0. The van der Waals surface area contributed by atoms with Crippen molar-refractivity contribution in [2.24, 2.45) is 0 Å². The number of benzene rings is 2. The molecule has 0 aliphatic carbocycles. The van der Waals surface area contributed by atoms with E-state index in [2.05, 4.69) is 4.90 Å². The summed E-state index contributed by atoms with van der Waals surface area (Å²) >= 11 is 0. The first-order valence-electron chi connectivity index (χ1n) is 8.20. The first kappa shape index (κ1) is 23.0. The highest BCUT2D eigenvalue weighted by molar-refractivity contribution is 5.85. The molecule has 0 unspecified atom stereocenters. The average molecular weight is 417 g/mol. The molecule has 0 radical (unpaired) electrons. The van der Waals surface area contributed by atoms with Gasteiger partial charge in [0.05, 0.1) is 4.92 Å². The zero-order valence-electron chi connectivity index (χ0n) is 14.9. The molecule has 9 heteroatoms. The average Bonchev–Trinajstić information content (AvgIpc) is 2.59. The van der Waals surface area contributed by atoms with Gasteiger partial charge in [0.15, 0.2) is 0 Å². The Labute approximate surface area is 170 Å². The fourth-order valence-corrected chi connectivity index (χ4v) is 3.09. The van der Waals surface area contributed by atoms with Gasteiger partial charge in [-0.25, -0.2) is 4.39 Å². The summed E-state index contributed by atoms with van der Waals surface area (Å²) in [4.78, 5) is 15.3. The summed E-state index contributed by atoms with van der Waals surface area (Å²) in [7, 11) is 0. The minimum Gasteiger partial charge on any atom is -0.398 e. The lowest BCUT2D eigenvalue weighted by Gasteiger charge is -2.36. The Morgan fingerprint density at radius 2 is 1.70 bits per heavy atom. The van der Waals surface area contributed by atoms with Crippen LogP contribution in [0.5, 0.6) is 0 Å². The monoisotopic (exact) mass is 416 g/mol. The zero-order valence-corrected chi connectivity index (χ0v) is 16.6. The lowest BCUT2D eigenvalue weighted by molar-refractivity contribution is -0.384. The van der Waals surface area contributed by atoms with Crippen molar-refractivity contribution in [1.82, 2.24) is 4.90 Å². The van der Waals surface area contributed by atoms with Crippen LogP contribution in [0.2, 0.25) is 0 Å². The molecule has 27 heavy (non-hydrogen) atoms. The van der Waals surface area contributed by atoms with Crippen molar-refractivity contribution < 1.29 is 9.31 Å². The minimum absolute atomic E-state index is 0. The molecule has 3 rings (SSSR count). The molecule has 0 bridgehead atoms. The Balaban J connectivity index is 0.00000182. The van der Waals surface area contributed by atoms with E-state index in [1.54, 1.807) is 25.1 Å². The number of aryl methyl sites for hydroxylation is 1. The highest BCUT2D eigenvalue weighted by atomic mass is 35.5. The summed E-state index contributed by atoms with van der Waals surface area (Å²) in [6, 6.07) is 9.73. The van der Waals surface area contributed by atoms with Crippen molar-refractivity contribution in [3.63, 3.8) is 0 Å². The van der Waals surface area contributed by atoms with Gasteiger partial charge in [-0.2, -0.15) is 0 Å². The molecule has 0 atom stereocenters. The molecule has 2 aromatic carbocycles. The number of nitrogen functional groups attached to an aromatic ring is 1. The van der Waals surface area contributed by atoms with Crippen molar-refractivity contribution in [3.8, 4) is 0 Å². The van der Waals surface area contributed by atoms with Crippen LogP contribution < -0.4 is 10.6 Å². The van der Waals surface area contributed by atoms with Crippen molar-refractivity contribution in [3.05, 3.63) is 63.5 Å². The number of rotatable bonds is 4. The minimum atomic E-state index is -0.355. The second-order valence-electron chi connectivity index (χ2n) is 6.34. The first-order valence-corrected chi connectivity index (χ1v) is 8.20. The summed E-state index contributed by atoms with van der Waals surface area (Å²) in [5.41, 5.74) is 8.96. The lowest BCUT2D eigenvalue weighted by Crippen LogP contribution is -2.46. The van der Waals surface area contributed by atoms with Crippen LogP contribution >= 0.6 is 24.8 Å². The third-order valence-corrected chi connectivity index (χ3v) is 4.59. The number of nitro groups is 1. The van der Waals surface area contributed by atoms with Gasteiger partial charge in [0.25, 0.3) is 5.69 Å². The fourth-order valence-electron chi connectivity index (χ4n) is 3.09. The molecule has 1 aliphatic heterocycles. The van der Waals surface area contributed by atoms with E-state index in [-0.39, 0.29) is 41.2 Å². The molecule has 1 heterocycles. The number of anilines is 2. The number of nitrogens with two attached hydrogens (primary N) is 1. The normalized spacial score (nSPS) is 14.2. The summed E-state index contributed by atoms with van der Waals surface area (Å²) < 4.78 is 13.0. The van der Waals surface area contributed by atoms with E-state index in [1.807, 2.05) is 4.90 Å². The van der Waals surface area contributed by atoms with Gasteiger partial charge in [0, 0.05) is 44.5 Å². The number of halogens is 3. The van der Waals surface area contributed by atoms with Gasteiger partial charge in [-0.15, -0.1) is 24.8 Å². The van der Waals surface area contributed by atoms with Crippen LogP contribution in [0, 0.1) is 22.9 Å². The van der Waals surface area contributed by atoms with Gasteiger partial charge in [0.2, 0.25) is 0 Å². The van der Waals surface area contributed by atoms with E-state index in [0.717, 1.165) is 25.2 Å². The highest BCUT2D eigenvalue weighted by Crippen LogP contribution is 2.33. The molecule has 0 amide bonds. The van der Waals surface area contributed by atoms with E-state index in [4.69, 9.17) is 5.73 Å². The predicted molar refractivity (Wildman–Crippen MR) is 111 cm³/mol. The van der Waals surface area contributed by atoms with Gasteiger partial charge in [-0.3, -0.25) is 15.0 Å². The van der Waals surface area contributed by atoms with Gasteiger partial charge < -0.3 is 10.6 Å². The fraction of sp³-hybridized carbons (Fsp3) is 0.333. The van der Waals surface area contributed by atoms with Crippen LogP contribution in [0.25, 0.3) is 0 Å². The Morgan fingerprint density at radius 1 is 1.11 bits per heavy atom. The molecule has 0 spiro atoms. The maximum atomic E-state index is 13.0. The van der Waals surface area contributed by atoms with Crippen LogP contribution in [0.15, 0.2) is 36.4 Å². The van der Waals surface area contributed by atoms with Crippen LogP contribution in [0.1, 0.15) is 11.1 Å². The van der Waals surface area contributed by atoms with Crippen LogP contribution in [0.4, 0.5) is 21.5 Å². The summed E-state index contributed by atoms with van der Waals surface area (Å²) in [5.74, 6) is -0.238. The van der Waals surface area contributed by atoms with Crippen LogP contribution in [-0.2, 0) is 6.54 Å². The molecular formula is C18H23Cl2FN4O2. The van der Waals surface area contributed by atoms with Crippen molar-refractivity contribution in [2.75, 3.05) is 36.8 Å². The van der Waals surface area contributed by atoms with E-state index in [9.17, 15) is 14.5 Å². The standard InChI is InChI=1S/C18H21FN4O2.2ClH/c1-13-10-18(23(24)25)17(11-16(13)20)22-8-6-21(7-9-22)12-14-2-4-15(19)5-3-14;;/h2-5,10-11H,6-9,12,20H2,1H3;2*1H. The molecular weight excluding hydrogens is 394 g/mol. The Morgan fingerprint density at radius 3 is 2.26 bits per heavy atom. The van der Waals surface area contributed by atoms with Gasteiger partial charge >= 0.3 is 0 Å². The quantitative estimate of drug-likeness (QED) is 0.466. The van der Waals surface area contributed by atoms with Crippen LogP contribution in [-0.4, -0.2) is 36.0 Å². The molecule has 6 nitrogen and oxygen atoms in total. The summed E-state index contributed by atoms with van der Waals surface area (Å²) in [5, 5.41) is 11.4. The number of nitro benzene ring substituents is 1. The summed E-state index contributed by atoms with van der Waals surface area (Å²) in [6.07, 6.45) is 0. The molecule has 1 aliphatic rings. The third kappa shape index (κ3) is 5.45. The lowest BCUT2D eigenvalue weighted by atomic mass is 10.1. The predicted octanol–water partition coefficient (Wildman–Crippen LogP) is 3.79. The second-order valence-corrected chi connectivity index (χ2v) is 6.34. The number of piperazine rings is 1. The number of hydrogen-bond acceptors (Lipinski definition) is 5. The molecule has 2 N–H and O–H groups in total. The topological polar surface area (TPSA) is 75.6 Å². The van der Waals surface area contributed by atoms with E-state index in [0.29, 0.717) is 30.0 Å². The maximum absolute atomic E-state index is 13.0. The van der Waals surface area contributed by atoms with E-state index >= 15 is 0 Å². The Bertz CT molecular complexity index is 782. The summed E-state index contributed by atoms with van der Waals surface area (Å²) in [6.45, 7) is 5.44. The molecule has 1 fully saturated rings. The molecule has 148 valence electrons. The SMILES string of the molecule is Cc1cc([N+](=O)[O-])c(N2CCN(Cc3ccc(F)cc3)CC2)cc1N.Cl.Cl. The molecule has 0 saturated carbocycles. The van der Waals surface area contributed by atoms with Gasteiger partial charge in [-0.1, -0.05) is 12.1 Å². The molecule has 1 saturated heterocycles. The van der Waals surface area contributed by atoms with Crippen molar-refractivity contribution in [2.45, 2.75) is 13.5 Å². The largest absolute Gasteiger partial charge is 0.398 e. The Hall–Kier alpha value is -2.09. The third-order valence-electron chi connectivity index (χ3n) is 4.59. The van der Waals surface area contributed by atoms with Gasteiger partial charge in [0.1, 0.15) is 11.5 Å². The highest BCUT2D eigenvalue weighted by Gasteiger charge is 2.24. The number of nitrogens with zero attached hydrogens (tertiary/aromatic N) is 3. The first-order chi connectivity index (χ1) is 11.9. The Kier molecular flexibility index (Phi) is 8.27. The van der Waals surface area contributed by atoms with E-state index < -0.39 is 0 Å². The van der Waals surface area contributed by atoms with Crippen molar-refractivity contribution >= 4 is 41.9 Å². The molecule has 2 aromatic rings. The molecule has 0 aromatic heterocycles.